The van der Waals surface area contributed by atoms with Crippen LogP contribution in [0.15, 0.2) is 36.6 Å². The van der Waals surface area contributed by atoms with Crippen LogP contribution in [0, 0.1) is 0 Å². The van der Waals surface area contributed by atoms with Crippen LogP contribution in [0.25, 0.3) is 0 Å². The molecular formula is C12H14ClO3P. The maximum atomic E-state index is 6.01. The van der Waals surface area contributed by atoms with E-state index in [1.807, 2.05) is 30.3 Å². The molecule has 2 heterocycles. The summed E-state index contributed by atoms with van der Waals surface area (Å²) in [5.41, 5.74) is 0.115. The first-order valence-electron chi connectivity index (χ1n) is 5.60. The SMILES string of the molecule is CC1C=COP12(c1ccc(Cl)cc1)OCCO2. The van der Waals surface area contributed by atoms with E-state index in [0.717, 1.165) is 5.30 Å². The zero-order valence-corrected chi connectivity index (χ0v) is 11.2. The van der Waals surface area contributed by atoms with E-state index in [1.54, 1.807) is 6.26 Å². The van der Waals surface area contributed by atoms with E-state index in [-0.39, 0.29) is 5.66 Å². The summed E-state index contributed by atoms with van der Waals surface area (Å²) in [5, 5.41) is 1.67. The monoisotopic (exact) mass is 272 g/mol. The van der Waals surface area contributed by atoms with Gasteiger partial charge in [0, 0.05) is 0 Å². The fourth-order valence-corrected chi connectivity index (χ4v) is 6.49. The number of rotatable bonds is 1. The molecule has 5 heteroatoms. The van der Waals surface area contributed by atoms with E-state index in [1.165, 1.54) is 0 Å². The van der Waals surface area contributed by atoms with Gasteiger partial charge in [-0.25, -0.2) is 0 Å². The van der Waals surface area contributed by atoms with Crippen molar-refractivity contribution >= 4 is 24.2 Å². The molecule has 0 aromatic heterocycles. The summed E-state index contributed by atoms with van der Waals surface area (Å²) in [6.07, 6.45) is 3.69. The Labute approximate surface area is 105 Å². The summed E-state index contributed by atoms with van der Waals surface area (Å²) >= 11 is 5.92. The van der Waals surface area contributed by atoms with E-state index < -0.39 is 7.28 Å². The molecule has 3 nitrogen and oxygen atoms in total. The van der Waals surface area contributed by atoms with Crippen LogP contribution in [-0.2, 0) is 13.6 Å². The van der Waals surface area contributed by atoms with Crippen LogP contribution in [0.3, 0.4) is 0 Å². The van der Waals surface area contributed by atoms with Gasteiger partial charge in [0.15, 0.2) is 0 Å². The van der Waals surface area contributed by atoms with Gasteiger partial charge in [0.1, 0.15) is 0 Å². The van der Waals surface area contributed by atoms with Gasteiger partial charge in [-0.2, -0.15) is 0 Å². The number of benzene rings is 1. The maximum absolute atomic E-state index is 6.01. The molecule has 2 aliphatic rings. The summed E-state index contributed by atoms with van der Waals surface area (Å²) in [6.45, 7) is 3.22. The molecule has 1 saturated heterocycles. The second kappa shape index (κ2) is 3.69. The molecule has 2 aliphatic heterocycles. The minimum absolute atomic E-state index is 0.115. The molecule has 0 radical (unpaired) electrons. The van der Waals surface area contributed by atoms with E-state index in [0.29, 0.717) is 18.2 Å². The molecule has 0 aliphatic carbocycles. The Morgan fingerprint density at radius 1 is 1.18 bits per heavy atom. The van der Waals surface area contributed by atoms with Crippen molar-refractivity contribution in [1.82, 2.24) is 0 Å². The van der Waals surface area contributed by atoms with Crippen molar-refractivity contribution in [3.05, 3.63) is 41.6 Å². The molecule has 1 spiro atoms. The fraction of sp³-hybridized carbons (Fsp3) is 0.333. The van der Waals surface area contributed by atoms with Gasteiger partial charge >= 0.3 is 105 Å². The van der Waals surface area contributed by atoms with Gasteiger partial charge in [0.25, 0.3) is 0 Å². The predicted octanol–water partition coefficient (Wildman–Crippen LogP) is 3.24. The van der Waals surface area contributed by atoms with Crippen molar-refractivity contribution in [2.75, 3.05) is 13.2 Å². The number of halogens is 1. The molecule has 0 N–H and O–H groups in total. The molecule has 1 fully saturated rings. The van der Waals surface area contributed by atoms with Crippen LogP contribution in [0.5, 0.6) is 0 Å². The minimum atomic E-state index is -3.17. The fourth-order valence-electron chi connectivity index (χ4n) is 2.42. The summed E-state index contributed by atoms with van der Waals surface area (Å²) < 4.78 is 17.9. The average molecular weight is 273 g/mol. The van der Waals surface area contributed by atoms with Gasteiger partial charge in [-0.05, 0) is 0 Å². The molecule has 0 saturated carbocycles. The Morgan fingerprint density at radius 3 is 2.35 bits per heavy atom. The van der Waals surface area contributed by atoms with Gasteiger partial charge in [-0.3, -0.25) is 0 Å². The molecule has 3 rings (SSSR count). The first-order chi connectivity index (χ1) is 8.16. The van der Waals surface area contributed by atoms with Gasteiger partial charge in [-0.1, -0.05) is 0 Å². The van der Waals surface area contributed by atoms with Crippen molar-refractivity contribution in [1.29, 1.82) is 0 Å². The van der Waals surface area contributed by atoms with Crippen molar-refractivity contribution in [3.63, 3.8) is 0 Å². The quantitative estimate of drug-likeness (QED) is 0.735. The van der Waals surface area contributed by atoms with Gasteiger partial charge in [0.2, 0.25) is 0 Å². The average Bonchev–Trinajstić information content (AvgIpc) is 2.90. The first kappa shape index (κ1) is 11.5. The summed E-state index contributed by atoms with van der Waals surface area (Å²) in [6, 6.07) is 7.57. The molecule has 17 heavy (non-hydrogen) atoms. The molecule has 0 bridgehead atoms. The number of allylic oxidation sites excluding steroid dienone is 1. The van der Waals surface area contributed by atoms with Gasteiger partial charge in [0.05, 0.1) is 0 Å². The van der Waals surface area contributed by atoms with E-state index in [2.05, 4.69) is 6.92 Å². The topological polar surface area (TPSA) is 27.7 Å². The number of hydrogen-bond acceptors (Lipinski definition) is 3. The Morgan fingerprint density at radius 2 is 1.82 bits per heavy atom. The Bertz CT molecular complexity index is 465. The van der Waals surface area contributed by atoms with Crippen LogP contribution in [0.4, 0.5) is 0 Å². The second-order valence-corrected chi connectivity index (χ2v) is 8.64. The standard InChI is InChI=1S/C12H14ClO3P/c1-10-6-7-14-17(10,15-8-9-16-17)12-4-2-11(13)3-5-12/h2-7,10H,8-9H2,1H3. The molecule has 1 aromatic carbocycles. The molecule has 0 amide bonds. The second-order valence-electron chi connectivity index (χ2n) is 4.26. The van der Waals surface area contributed by atoms with Crippen molar-refractivity contribution in [3.8, 4) is 0 Å². The van der Waals surface area contributed by atoms with Crippen LogP contribution in [-0.4, -0.2) is 18.9 Å². The molecule has 1 aromatic rings. The molecular weight excluding hydrogens is 259 g/mol. The van der Waals surface area contributed by atoms with E-state index >= 15 is 0 Å². The van der Waals surface area contributed by atoms with Crippen LogP contribution in [0.2, 0.25) is 5.02 Å². The first-order valence-corrected chi connectivity index (χ1v) is 8.03. The molecule has 92 valence electrons. The molecule has 1 atom stereocenters. The third kappa shape index (κ3) is 1.40. The summed E-state index contributed by atoms with van der Waals surface area (Å²) in [5.74, 6) is 0. The van der Waals surface area contributed by atoms with Gasteiger partial charge < -0.3 is 0 Å². The zero-order chi connectivity index (χ0) is 12.0. The van der Waals surface area contributed by atoms with Crippen molar-refractivity contribution in [2.45, 2.75) is 12.6 Å². The summed E-state index contributed by atoms with van der Waals surface area (Å²) in [4.78, 5) is 0. The van der Waals surface area contributed by atoms with Crippen LogP contribution < -0.4 is 5.30 Å². The number of hydrogen-bond donors (Lipinski definition) is 0. The normalized spacial score (nSPS) is 30.9. The van der Waals surface area contributed by atoms with Crippen molar-refractivity contribution < 1.29 is 13.6 Å². The Hall–Kier alpha value is -0.600. The Kier molecular flexibility index (Phi) is 2.50. The predicted molar refractivity (Wildman–Crippen MR) is 69.6 cm³/mol. The third-order valence-corrected chi connectivity index (χ3v) is 8.29. The zero-order valence-electron chi connectivity index (χ0n) is 9.51. The third-order valence-electron chi connectivity index (χ3n) is 3.37. The Balaban J connectivity index is 2.15. The van der Waals surface area contributed by atoms with Crippen molar-refractivity contribution in [2.24, 2.45) is 0 Å². The van der Waals surface area contributed by atoms with E-state index in [4.69, 9.17) is 25.2 Å². The molecule has 1 unspecified atom stereocenters. The summed E-state index contributed by atoms with van der Waals surface area (Å²) in [7, 11) is -3.17. The van der Waals surface area contributed by atoms with E-state index in [9.17, 15) is 0 Å². The van der Waals surface area contributed by atoms with Crippen LogP contribution >= 0.6 is 18.9 Å². The van der Waals surface area contributed by atoms with Gasteiger partial charge in [-0.15, -0.1) is 0 Å². The van der Waals surface area contributed by atoms with Crippen LogP contribution in [0.1, 0.15) is 6.92 Å².